The summed E-state index contributed by atoms with van der Waals surface area (Å²) in [6, 6.07) is 10.4. The number of hydrogen-bond acceptors (Lipinski definition) is 6. The average Bonchev–Trinajstić information content (AvgIpc) is 2.77. The van der Waals surface area contributed by atoms with Crippen molar-refractivity contribution in [3.8, 4) is 5.75 Å². The first-order chi connectivity index (χ1) is 15.2. The number of esters is 1. The van der Waals surface area contributed by atoms with Crippen LogP contribution in [0.1, 0.15) is 36.5 Å². The van der Waals surface area contributed by atoms with Crippen LogP contribution in [0.25, 0.3) is 0 Å². The standard InChI is InChI=1S/C22H25ClN2O6S/c1-15-6-3-4-11-25(15)32(28,29)20-12-16(9-10-19(20)30-2)22(27)31-14-21(26)24-18-8-5-7-17(23)13-18/h5,7-10,12-13,15H,3-4,6,11,14H2,1-2H3,(H,24,26). The summed E-state index contributed by atoms with van der Waals surface area (Å²) in [5, 5.41) is 3.02. The number of hydrogen-bond donors (Lipinski definition) is 1. The minimum absolute atomic E-state index is 0.00425. The highest BCUT2D eigenvalue weighted by molar-refractivity contribution is 7.89. The molecule has 2 aromatic carbocycles. The van der Waals surface area contributed by atoms with Crippen LogP contribution in [-0.2, 0) is 19.6 Å². The van der Waals surface area contributed by atoms with Crippen molar-refractivity contribution in [2.45, 2.75) is 37.1 Å². The van der Waals surface area contributed by atoms with Gasteiger partial charge < -0.3 is 14.8 Å². The van der Waals surface area contributed by atoms with Gasteiger partial charge in [-0.25, -0.2) is 13.2 Å². The van der Waals surface area contributed by atoms with E-state index in [2.05, 4.69) is 5.32 Å². The number of piperidine rings is 1. The molecule has 1 fully saturated rings. The first kappa shape index (κ1) is 24.0. The van der Waals surface area contributed by atoms with Crippen molar-refractivity contribution >= 4 is 39.2 Å². The first-order valence-corrected chi connectivity index (χ1v) is 12.0. The number of amides is 1. The van der Waals surface area contributed by atoms with E-state index in [-0.39, 0.29) is 22.3 Å². The zero-order valence-electron chi connectivity index (χ0n) is 17.8. The molecule has 1 amide bonds. The molecule has 1 N–H and O–H groups in total. The Labute approximate surface area is 192 Å². The molecule has 3 rings (SSSR count). The molecule has 1 aliphatic heterocycles. The fourth-order valence-corrected chi connectivity index (χ4v) is 5.61. The van der Waals surface area contributed by atoms with Gasteiger partial charge in [0, 0.05) is 23.3 Å². The fourth-order valence-electron chi connectivity index (χ4n) is 3.54. The zero-order chi connectivity index (χ0) is 23.3. The second-order valence-corrected chi connectivity index (χ2v) is 9.76. The Hall–Kier alpha value is -2.62. The minimum atomic E-state index is -3.88. The number of halogens is 1. The van der Waals surface area contributed by atoms with Crippen molar-refractivity contribution < 1.29 is 27.5 Å². The molecule has 0 bridgehead atoms. The van der Waals surface area contributed by atoms with Gasteiger partial charge in [0.1, 0.15) is 10.6 Å². The summed E-state index contributed by atoms with van der Waals surface area (Å²) in [5.74, 6) is -1.24. The lowest BCUT2D eigenvalue weighted by atomic mass is 10.1. The van der Waals surface area contributed by atoms with Crippen LogP contribution in [0.3, 0.4) is 0 Å². The molecule has 1 unspecified atom stereocenters. The van der Waals surface area contributed by atoms with Crippen molar-refractivity contribution in [1.29, 1.82) is 0 Å². The molecular weight excluding hydrogens is 456 g/mol. The van der Waals surface area contributed by atoms with Gasteiger partial charge in [-0.15, -0.1) is 0 Å². The number of rotatable bonds is 7. The van der Waals surface area contributed by atoms with Crippen LogP contribution >= 0.6 is 11.6 Å². The van der Waals surface area contributed by atoms with Crippen LogP contribution in [0.4, 0.5) is 5.69 Å². The molecule has 0 spiro atoms. The largest absolute Gasteiger partial charge is 0.495 e. The number of carbonyl (C=O) groups excluding carboxylic acids is 2. The summed E-state index contributed by atoms with van der Waals surface area (Å²) < 4.78 is 38.3. The van der Waals surface area contributed by atoms with E-state index in [1.807, 2.05) is 6.92 Å². The molecule has 1 aliphatic rings. The Balaban J connectivity index is 1.74. The van der Waals surface area contributed by atoms with Gasteiger partial charge in [0.15, 0.2) is 6.61 Å². The van der Waals surface area contributed by atoms with E-state index in [0.29, 0.717) is 17.3 Å². The Kier molecular flexibility index (Phi) is 7.76. The van der Waals surface area contributed by atoms with Gasteiger partial charge in [-0.05, 0) is 56.2 Å². The molecule has 1 atom stereocenters. The second-order valence-electron chi connectivity index (χ2n) is 7.46. The molecule has 1 heterocycles. The van der Waals surface area contributed by atoms with Gasteiger partial charge in [-0.2, -0.15) is 4.31 Å². The number of nitrogens with one attached hydrogen (secondary N) is 1. The summed E-state index contributed by atoms with van der Waals surface area (Å²) in [7, 11) is -2.51. The lowest BCUT2D eigenvalue weighted by Gasteiger charge is -2.32. The van der Waals surface area contributed by atoms with E-state index >= 15 is 0 Å². The van der Waals surface area contributed by atoms with Crippen LogP contribution in [0.5, 0.6) is 5.75 Å². The number of carbonyl (C=O) groups is 2. The Morgan fingerprint density at radius 1 is 1.19 bits per heavy atom. The maximum absolute atomic E-state index is 13.3. The number of nitrogens with zero attached hydrogens (tertiary/aromatic N) is 1. The van der Waals surface area contributed by atoms with Crippen LogP contribution in [-0.4, -0.2) is 50.9 Å². The van der Waals surface area contributed by atoms with E-state index in [1.165, 1.54) is 29.6 Å². The third kappa shape index (κ3) is 5.59. The van der Waals surface area contributed by atoms with Gasteiger partial charge >= 0.3 is 5.97 Å². The van der Waals surface area contributed by atoms with Crippen LogP contribution in [0.2, 0.25) is 5.02 Å². The van der Waals surface area contributed by atoms with Crippen molar-refractivity contribution in [3.63, 3.8) is 0 Å². The zero-order valence-corrected chi connectivity index (χ0v) is 19.4. The van der Waals surface area contributed by atoms with E-state index in [4.69, 9.17) is 21.1 Å². The highest BCUT2D eigenvalue weighted by Gasteiger charge is 2.33. The molecule has 2 aromatic rings. The fraction of sp³-hybridized carbons (Fsp3) is 0.364. The van der Waals surface area contributed by atoms with Crippen LogP contribution in [0, 0.1) is 0 Å². The molecule has 172 valence electrons. The Morgan fingerprint density at radius 3 is 2.66 bits per heavy atom. The normalized spacial score (nSPS) is 16.9. The van der Waals surface area contributed by atoms with E-state index in [9.17, 15) is 18.0 Å². The molecule has 32 heavy (non-hydrogen) atoms. The van der Waals surface area contributed by atoms with Gasteiger partial charge in [0.25, 0.3) is 5.91 Å². The predicted octanol–water partition coefficient (Wildman–Crippen LogP) is 3.71. The average molecular weight is 481 g/mol. The Morgan fingerprint density at radius 2 is 1.97 bits per heavy atom. The van der Waals surface area contributed by atoms with Crippen molar-refractivity contribution in [3.05, 3.63) is 53.1 Å². The lowest BCUT2D eigenvalue weighted by Crippen LogP contribution is -2.42. The lowest BCUT2D eigenvalue weighted by molar-refractivity contribution is -0.119. The van der Waals surface area contributed by atoms with Gasteiger partial charge in [0.2, 0.25) is 10.0 Å². The molecule has 0 aliphatic carbocycles. The monoisotopic (exact) mass is 480 g/mol. The number of anilines is 1. The van der Waals surface area contributed by atoms with Crippen molar-refractivity contribution in [1.82, 2.24) is 4.31 Å². The summed E-state index contributed by atoms with van der Waals surface area (Å²) in [5.41, 5.74) is 0.469. The van der Waals surface area contributed by atoms with E-state index in [1.54, 1.807) is 24.3 Å². The van der Waals surface area contributed by atoms with Crippen LogP contribution < -0.4 is 10.1 Å². The first-order valence-electron chi connectivity index (χ1n) is 10.1. The highest BCUT2D eigenvalue weighted by Crippen LogP contribution is 2.31. The molecule has 10 heteroatoms. The summed E-state index contributed by atoms with van der Waals surface area (Å²) in [6.07, 6.45) is 2.51. The summed E-state index contributed by atoms with van der Waals surface area (Å²) in [6.45, 7) is 1.73. The van der Waals surface area contributed by atoms with Crippen molar-refractivity contribution in [2.24, 2.45) is 0 Å². The van der Waals surface area contributed by atoms with Crippen LogP contribution in [0.15, 0.2) is 47.4 Å². The van der Waals surface area contributed by atoms with Crippen molar-refractivity contribution in [2.75, 3.05) is 25.6 Å². The van der Waals surface area contributed by atoms with Gasteiger partial charge in [0.05, 0.1) is 12.7 Å². The highest BCUT2D eigenvalue weighted by atomic mass is 35.5. The Bertz CT molecular complexity index is 1110. The molecule has 0 radical (unpaired) electrons. The molecule has 1 saturated heterocycles. The third-order valence-corrected chi connectivity index (χ3v) is 7.44. The predicted molar refractivity (Wildman–Crippen MR) is 121 cm³/mol. The van der Waals surface area contributed by atoms with Gasteiger partial charge in [-0.3, -0.25) is 4.79 Å². The number of methoxy groups -OCH3 is 1. The molecule has 0 aromatic heterocycles. The number of ether oxygens (including phenoxy) is 2. The van der Waals surface area contributed by atoms with E-state index < -0.39 is 28.5 Å². The summed E-state index contributed by atoms with van der Waals surface area (Å²) in [4.78, 5) is 24.5. The molecule has 0 saturated carbocycles. The maximum atomic E-state index is 13.3. The quantitative estimate of drug-likeness (QED) is 0.606. The summed E-state index contributed by atoms with van der Waals surface area (Å²) >= 11 is 5.88. The third-order valence-electron chi connectivity index (χ3n) is 5.17. The smallest absolute Gasteiger partial charge is 0.338 e. The number of sulfonamides is 1. The SMILES string of the molecule is COc1ccc(C(=O)OCC(=O)Nc2cccc(Cl)c2)cc1S(=O)(=O)N1CCCCC1C. The molecule has 8 nitrogen and oxygen atoms in total. The van der Waals surface area contributed by atoms with Gasteiger partial charge in [-0.1, -0.05) is 24.1 Å². The minimum Gasteiger partial charge on any atom is -0.495 e. The maximum Gasteiger partial charge on any atom is 0.338 e. The number of benzene rings is 2. The topological polar surface area (TPSA) is 102 Å². The molecular formula is C22H25ClN2O6S. The second kappa shape index (κ2) is 10.3. The van der Waals surface area contributed by atoms with E-state index in [0.717, 1.165) is 19.3 Å².